The van der Waals surface area contributed by atoms with E-state index in [-0.39, 0.29) is 17.0 Å². The van der Waals surface area contributed by atoms with Gasteiger partial charge in [-0.05, 0) is 25.0 Å². The molecular weight excluding hydrogens is 368 g/mol. The number of nitrogens with two attached hydrogens (primary N) is 1. The summed E-state index contributed by atoms with van der Waals surface area (Å²) >= 11 is 0. The maximum Gasteiger partial charge on any atom is 0.258 e. The molecule has 3 aromatic rings. The van der Waals surface area contributed by atoms with Gasteiger partial charge in [0.05, 0.1) is 17.8 Å². The van der Waals surface area contributed by atoms with Crippen LogP contribution in [-0.2, 0) is 13.1 Å². The Balaban J connectivity index is 1.77. The van der Waals surface area contributed by atoms with Crippen LogP contribution in [0.3, 0.4) is 0 Å². The van der Waals surface area contributed by atoms with Crippen LogP contribution in [-0.4, -0.2) is 19.1 Å². The topological polar surface area (TPSA) is 112 Å². The van der Waals surface area contributed by atoms with Crippen molar-refractivity contribution in [2.45, 2.75) is 32.4 Å². The van der Waals surface area contributed by atoms with Crippen LogP contribution < -0.4 is 16.0 Å². The van der Waals surface area contributed by atoms with Crippen LogP contribution in [0.4, 0.5) is 0 Å². The molecule has 1 atom stereocenters. The molecule has 2 N–H and O–H groups in total. The number of pyridine rings is 2. The lowest BCUT2D eigenvalue weighted by Gasteiger charge is -2.27. The van der Waals surface area contributed by atoms with Crippen LogP contribution in [0.15, 0.2) is 65.6 Å². The number of allylic oxidation sites excluding steroid dienone is 1. The Kier molecular flexibility index (Phi) is 4.87. The van der Waals surface area contributed by atoms with E-state index in [0.717, 1.165) is 24.2 Å². The number of aromatic nitrogens is 4. The van der Waals surface area contributed by atoms with Crippen LogP contribution in [0.1, 0.15) is 29.2 Å². The van der Waals surface area contributed by atoms with Crippen molar-refractivity contribution in [3.8, 4) is 11.8 Å². The number of fused-ring (bicyclic) bond motifs is 1. The zero-order chi connectivity index (χ0) is 20.4. The van der Waals surface area contributed by atoms with Gasteiger partial charge in [0.15, 0.2) is 0 Å². The van der Waals surface area contributed by atoms with Crippen molar-refractivity contribution in [1.29, 1.82) is 5.26 Å². The van der Waals surface area contributed by atoms with Crippen LogP contribution in [0.2, 0.25) is 0 Å². The molecule has 0 bridgehead atoms. The summed E-state index contributed by atoms with van der Waals surface area (Å²) in [5.74, 6) is -0.195. The minimum Gasteiger partial charge on any atom is -0.440 e. The van der Waals surface area contributed by atoms with Crippen LogP contribution >= 0.6 is 0 Å². The van der Waals surface area contributed by atoms with Gasteiger partial charge in [0.2, 0.25) is 5.88 Å². The summed E-state index contributed by atoms with van der Waals surface area (Å²) in [6.07, 6.45) is 9.42. The van der Waals surface area contributed by atoms with E-state index in [0.29, 0.717) is 17.9 Å². The maximum atomic E-state index is 13.4. The lowest BCUT2D eigenvalue weighted by molar-refractivity contribution is 0.387. The molecule has 0 saturated heterocycles. The number of aryl methyl sites for hydroxylation is 2. The monoisotopic (exact) mass is 388 g/mol. The SMILES string of the molecule is Cc1cc2c(c(=O)n1CCCn1ccnc1)[C@H](c1cccnc1)C(C#N)=C(N)O2. The average Bonchev–Trinajstić information content (AvgIpc) is 3.23. The third kappa shape index (κ3) is 3.38. The zero-order valence-corrected chi connectivity index (χ0v) is 15.9. The van der Waals surface area contributed by atoms with E-state index >= 15 is 0 Å². The van der Waals surface area contributed by atoms with Gasteiger partial charge in [-0.3, -0.25) is 9.78 Å². The molecule has 0 radical (unpaired) electrons. The van der Waals surface area contributed by atoms with E-state index < -0.39 is 5.92 Å². The first-order chi connectivity index (χ1) is 14.1. The highest BCUT2D eigenvalue weighted by atomic mass is 16.5. The Morgan fingerprint density at radius 3 is 2.86 bits per heavy atom. The summed E-state index contributed by atoms with van der Waals surface area (Å²) < 4.78 is 9.35. The van der Waals surface area contributed by atoms with Gasteiger partial charge in [0.1, 0.15) is 17.4 Å². The Labute approximate surface area is 167 Å². The molecule has 1 aliphatic heterocycles. The third-order valence-corrected chi connectivity index (χ3v) is 5.06. The second kappa shape index (κ2) is 7.64. The third-order valence-electron chi connectivity index (χ3n) is 5.06. The highest BCUT2D eigenvalue weighted by Gasteiger charge is 2.34. The molecule has 4 heterocycles. The molecule has 0 amide bonds. The van der Waals surface area contributed by atoms with Crippen molar-refractivity contribution < 1.29 is 4.74 Å². The average molecular weight is 388 g/mol. The van der Waals surface area contributed by atoms with Crippen molar-refractivity contribution in [1.82, 2.24) is 19.1 Å². The van der Waals surface area contributed by atoms with Gasteiger partial charge in [-0.15, -0.1) is 0 Å². The highest BCUT2D eigenvalue weighted by molar-refractivity contribution is 5.54. The Bertz CT molecular complexity index is 1160. The number of nitrogens with zero attached hydrogens (tertiary/aromatic N) is 5. The lowest BCUT2D eigenvalue weighted by atomic mass is 9.85. The van der Waals surface area contributed by atoms with Crippen LogP contribution in [0, 0.1) is 18.3 Å². The van der Waals surface area contributed by atoms with Gasteiger partial charge < -0.3 is 19.6 Å². The quantitative estimate of drug-likeness (QED) is 0.716. The van der Waals surface area contributed by atoms with E-state index in [1.165, 1.54) is 0 Å². The Hall–Kier alpha value is -3.86. The van der Waals surface area contributed by atoms with E-state index in [2.05, 4.69) is 16.0 Å². The van der Waals surface area contributed by atoms with Gasteiger partial charge in [0.25, 0.3) is 5.56 Å². The molecule has 3 aromatic heterocycles. The molecule has 0 saturated carbocycles. The number of nitriles is 1. The summed E-state index contributed by atoms with van der Waals surface area (Å²) in [5, 5.41) is 9.67. The van der Waals surface area contributed by atoms with Crippen LogP contribution in [0.5, 0.6) is 5.75 Å². The first-order valence-corrected chi connectivity index (χ1v) is 9.27. The summed E-state index contributed by atoms with van der Waals surface area (Å²) in [4.78, 5) is 21.6. The molecular formula is C21H20N6O2. The minimum absolute atomic E-state index is 0.0190. The summed E-state index contributed by atoms with van der Waals surface area (Å²) in [6.45, 7) is 3.15. The standard InChI is InChI=1S/C21H20N6O2/c1-14-10-17-19(21(28)27(14)8-3-7-26-9-6-25-13-26)18(15-4-2-5-24-12-15)16(11-22)20(23)29-17/h2,4-6,9-10,12-13,18H,3,7-8,23H2,1H3/t18-/m1/s1. The van der Waals surface area contributed by atoms with Crippen LogP contribution in [0.25, 0.3) is 0 Å². The molecule has 8 heteroatoms. The van der Waals surface area contributed by atoms with Crippen molar-refractivity contribution in [2.24, 2.45) is 5.73 Å². The normalized spacial score (nSPS) is 15.5. The summed E-state index contributed by atoms with van der Waals surface area (Å²) in [6, 6.07) is 7.52. The number of hydrogen-bond donors (Lipinski definition) is 1. The smallest absolute Gasteiger partial charge is 0.258 e. The molecule has 0 unspecified atom stereocenters. The Morgan fingerprint density at radius 2 is 2.17 bits per heavy atom. The second-order valence-electron chi connectivity index (χ2n) is 6.89. The fraction of sp³-hybridized carbons (Fsp3) is 0.238. The van der Waals surface area contributed by atoms with Gasteiger partial charge in [-0.2, -0.15) is 5.26 Å². The largest absolute Gasteiger partial charge is 0.440 e. The predicted molar refractivity (Wildman–Crippen MR) is 106 cm³/mol. The van der Waals surface area contributed by atoms with Crippen molar-refractivity contribution in [2.75, 3.05) is 0 Å². The van der Waals surface area contributed by atoms with E-state index in [9.17, 15) is 10.1 Å². The molecule has 0 fully saturated rings. The maximum absolute atomic E-state index is 13.4. The molecule has 8 nitrogen and oxygen atoms in total. The van der Waals surface area contributed by atoms with E-state index in [4.69, 9.17) is 10.5 Å². The minimum atomic E-state index is -0.606. The van der Waals surface area contributed by atoms with Gasteiger partial charge in [-0.25, -0.2) is 4.98 Å². The second-order valence-corrected chi connectivity index (χ2v) is 6.89. The first-order valence-electron chi connectivity index (χ1n) is 9.27. The number of ether oxygens (including phenoxy) is 1. The molecule has 1 aliphatic rings. The van der Waals surface area contributed by atoms with Crippen molar-refractivity contribution >= 4 is 0 Å². The van der Waals surface area contributed by atoms with Gasteiger partial charge >= 0.3 is 0 Å². The van der Waals surface area contributed by atoms with Gasteiger partial charge in [0, 0.05) is 49.6 Å². The summed E-state index contributed by atoms with van der Waals surface area (Å²) in [7, 11) is 0. The number of hydrogen-bond acceptors (Lipinski definition) is 6. The lowest BCUT2D eigenvalue weighted by Crippen LogP contribution is -2.33. The van der Waals surface area contributed by atoms with E-state index in [1.54, 1.807) is 41.6 Å². The fourth-order valence-corrected chi connectivity index (χ4v) is 3.67. The Morgan fingerprint density at radius 1 is 1.31 bits per heavy atom. The molecule has 0 spiro atoms. The predicted octanol–water partition coefficient (Wildman–Crippen LogP) is 2.06. The number of rotatable bonds is 5. The summed E-state index contributed by atoms with van der Waals surface area (Å²) in [5.41, 5.74) is 7.95. The van der Waals surface area contributed by atoms with Crippen molar-refractivity contribution in [3.05, 3.63) is 87.9 Å². The zero-order valence-electron chi connectivity index (χ0n) is 15.9. The first kappa shape index (κ1) is 18.5. The van der Waals surface area contributed by atoms with E-state index in [1.807, 2.05) is 23.8 Å². The number of imidazole rings is 1. The van der Waals surface area contributed by atoms with Crippen molar-refractivity contribution in [3.63, 3.8) is 0 Å². The molecule has 146 valence electrons. The fourth-order valence-electron chi connectivity index (χ4n) is 3.67. The molecule has 29 heavy (non-hydrogen) atoms. The van der Waals surface area contributed by atoms with Gasteiger partial charge in [-0.1, -0.05) is 6.07 Å². The highest BCUT2D eigenvalue weighted by Crippen LogP contribution is 2.40. The molecule has 0 aromatic carbocycles. The molecule has 0 aliphatic carbocycles. The molecule has 4 rings (SSSR count).